The minimum atomic E-state index is 0.0483. The molecule has 1 N–H and O–H groups in total. The van der Waals surface area contributed by atoms with Crippen LogP contribution in [0.1, 0.15) is 23.6 Å². The van der Waals surface area contributed by atoms with E-state index < -0.39 is 0 Å². The summed E-state index contributed by atoms with van der Waals surface area (Å²) in [6.45, 7) is 0. The van der Waals surface area contributed by atoms with Crippen molar-refractivity contribution in [1.82, 2.24) is 5.01 Å². The summed E-state index contributed by atoms with van der Waals surface area (Å²) in [5.41, 5.74) is 4.18. The Labute approximate surface area is 183 Å². The van der Waals surface area contributed by atoms with Gasteiger partial charge in [0.25, 0.3) is 0 Å². The van der Waals surface area contributed by atoms with Crippen molar-refractivity contribution in [3.8, 4) is 0 Å². The van der Waals surface area contributed by atoms with Gasteiger partial charge >= 0.3 is 0 Å². The molecule has 3 nitrogen and oxygen atoms in total. The number of halogens is 2. The lowest BCUT2D eigenvalue weighted by Crippen LogP contribution is -2.31. The standard InChI is InChI=1S/C22H17BrClN3S/c23-17-8-6-15(7-9-17)20-14-21(16-4-2-1-3-5-16)27(26-20)22(28)25-19-12-10-18(24)11-13-19/h1-13,21H,14H2,(H,25,28). The van der Waals surface area contributed by atoms with Crippen LogP contribution in [0.2, 0.25) is 5.02 Å². The van der Waals surface area contributed by atoms with E-state index in [2.05, 4.69) is 45.5 Å². The largest absolute Gasteiger partial charge is 0.331 e. The molecule has 0 saturated carbocycles. The molecule has 0 fully saturated rings. The normalized spacial score (nSPS) is 16.0. The molecule has 28 heavy (non-hydrogen) atoms. The van der Waals surface area contributed by atoms with E-state index >= 15 is 0 Å². The second-order valence-electron chi connectivity index (χ2n) is 6.47. The van der Waals surface area contributed by atoms with E-state index in [0.717, 1.165) is 27.9 Å². The maximum absolute atomic E-state index is 5.98. The van der Waals surface area contributed by atoms with Gasteiger partial charge < -0.3 is 5.32 Å². The Bertz CT molecular complexity index is 1000. The van der Waals surface area contributed by atoms with Crippen LogP contribution in [-0.4, -0.2) is 15.8 Å². The highest BCUT2D eigenvalue weighted by molar-refractivity contribution is 9.10. The predicted octanol–water partition coefficient (Wildman–Crippen LogP) is 6.65. The molecule has 0 amide bonds. The molecule has 0 aliphatic carbocycles. The van der Waals surface area contributed by atoms with Gasteiger partial charge in [-0.2, -0.15) is 5.10 Å². The van der Waals surface area contributed by atoms with Gasteiger partial charge in [0.15, 0.2) is 5.11 Å². The van der Waals surface area contributed by atoms with E-state index in [1.165, 1.54) is 5.56 Å². The van der Waals surface area contributed by atoms with Crippen LogP contribution in [0.25, 0.3) is 0 Å². The Balaban J connectivity index is 1.63. The molecule has 140 valence electrons. The smallest absolute Gasteiger partial charge is 0.194 e. The number of thiocarbonyl (C=S) groups is 1. The molecule has 0 radical (unpaired) electrons. The maximum Gasteiger partial charge on any atom is 0.194 e. The van der Waals surface area contributed by atoms with Gasteiger partial charge in [-0.15, -0.1) is 0 Å². The minimum Gasteiger partial charge on any atom is -0.331 e. The van der Waals surface area contributed by atoms with Gasteiger partial charge in [0.05, 0.1) is 11.8 Å². The summed E-state index contributed by atoms with van der Waals surface area (Å²) in [4.78, 5) is 0. The highest BCUT2D eigenvalue weighted by atomic mass is 79.9. The van der Waals surface area contributed by atoms with E-state index in [1.54, 1.807) is 0 Å². The number of hydrazone groups is 1. The summed E-state index contributed by atoms with van der Waals surface area (Å²) in [6.07, 6.45) is 0.786. The first-order valence-corrected chi connectivity index (χ1v) is 10.4. The summed E-state index contributed by atoms with van der Waals surface area (Å²) in [7, 11) is 0. The highest BCUT2D eigenvalue weighted by Gasteiger charge is 2.31. The number of nitrogens with zero attached hydrogens (tertiary/aromatic N) is 2. The lowest BCUT2D eigenvalue weighted by atomic mass is 9.99. The average Bonchev–Trinajstić information content (AvgIpc) is 3.16. The Morgan fingerprint density at radius 2 is 1.68 bits per heavy atom. The van der Waals surface area contributed by atoms with Crippen LogP contribution in [-0.2, 0) is 0 Å². The van der Waals surface area contributed by atoms with Crippen LogP contribution in [0, 0.1) is 0 Å². The zero-order chi connectivity index (χ0) is 19.5. The van der Waals surface area contributed by atoms with Gasteiger partial charge in [-0.05, 0) is 59.7 Å². The lowest BCUT2D eigenvalue weighted by molar-refractivity contribution is 0.375. The van der Waals surface area contributed by atoms with Gasteiger partial charge in [-0.25, -0.2) is 5.01 Å². The van der Waals surface area contributed by atoms with Crippen molar-refractivity contribution in [2.24, 2.45) is 5.10 Å². The second-order valence-corrected chi connectivity index (χ2v) is 8.20. The van der Waals surface area contributed by atoms with E-state index in [4.69, 9.17) is 28.9 Å². The Morgan fingerprint density at radius 3 is 2.36 bits per heavy atom. The highest BCUT2D eigenvalue weighted by Crippen LogP contribution is 2.33. The van der Waals surface area contributed by atoms with E-state index in [9.17, 15) is 0 Å². The fraction of sp³-hybridized carbons (Fsp3) is 0.0909. The van der Waals surface area contributed by atoms with Crippen molar-refractivity contribution in [3.05, 3.63) is 99.5 Å². The van der Waals surface area contributed by atoms with Gasteiger partial charge in [0, 0.05) is 21.6 Å². The molecule has 0 saturated heterocycles. The first kappa shape index (κ1) is 19.1. The number of rotatable bonds is 3. The summed E-state index contributed by atoms with van der Waals surface area (Å²) in [5.74, 6) is 0. The predicted molar refractivity (Wildman–Crippen MR) is 124 cm³/mol. The monoisotopic (exact) mass is 469 g/mol. The van der Waals surface area contributed by atoms with E-state index in [-0.39, 0.29) is 6.04 Å². The van der Waals surface area contributed by atoms with Gasteiger partial charge in [0.2, 0.25) is 0 Å². The van der Waals surface area contributed by atoms with Crippen molar-refractivity contribution in [2.45, 2.75) is 12.5 Å². The number of benzene rings is 3. The lowest BCUT2D eigenvalue weighted by Gasteiger charge is -2.24. The third-order valence-electron chi connectivity index (χ3n) is 4.58. The minimum absolute atomic E-state index is 0.0483. The van der Waals surface area contributed by atoms with E-state index in [0.29, 0.717) is 10.1 Å². The van der Waals surface area contributed by atoms with Crippen molar-refractivity contribution >= 4 is 56.3 Å². The molecule has 1 aliphatic heterocycles. The van der Waals surface area contributed by atoms with Crippen LogP contribution < -0.4 is 5.32 Å². The van der Waals surface area contributed by atoms with Crippen molar-refractivity contribution in [1.29, 1.82) is 0 Å². The van der Waals surface area contributed by atoms with Crippen molar-refractivity contribution < 1.29 is 0 Å². The fourth-order valence-corrected chi connectivity index (χ4v) is 3.84. The molecule has 6 heteroatoms. The van der Waals surface area contributed by atoms with Gasteiger partial charge in [-0.3, -0.25) is 0 Å². The van der Waals surface area contributed by atoms with Crippen molar-refractivity contribution in [2.75, 3.05) is 5.32 Å². The zero-order valence-electron chi connectivity index (χ0n) is 14.8. The molecule has 3 aromatic carbocycles. The quantitative estimate of drug-likeness (QED) is 0.434. The molecule has 1 atom stereocenters. The average molecular weight is 471 g/mol. The Hall–Kier alpha value is -2.21. The van der Waals surface area contributed by atoms with Gasteiger partial charge in [0.1, 0.15) is 0 Å². The van der Waals surface area contributed by atoms with Crippen LogP contribution in [0.4, 0.5) is 5.69 Å². The molecule has 1 unspecified atom stereocenters. The molecule has 0 spiro atoms. The fourth-order valence-electron chi connectivity index (χ4n) is 3.16. The summed E-state index contributed by atoms with van der Waals surface area (Å²) in [5, 5.41) is 11.3. The second kappa shape index (κ2) is 8.43. The Morgan fingerprint density at radius 1 is 1.00 bits per heavy atom. The van der Waals surface area contributed by atoms with E-state index in [1.807, 2.05) is 59.6 Å². The molecular weight excluding hydrogens is 454 g/mol. The molecule has 3 aromatic rings. The summed E-state index contributed by atoms with van der Waals surface area (Å²) < 4.78 is 1.05. The van der Waals surface area contributed by atoms with Crippen molar-refractivity contribution in [3.63, 3.8) is 0 Å². The first-order valence-electron chi connectivity index (χ1n) is 8.84. The first-order chi connectivity index (χ1) is 13.6. The summed E-state index contributed by atoms with van der Waals surface area (Å²) in [6, 6.07) is 26.1. The SMILES string of the molecule is S=C(Nc1ccc(Cl)cc1)N1N=C(c2ccc(Br)cc2)CC1c1ccccc1. The molecule has 4 rings (SSSR count). The third-order valence-corrected chi connectivity index (χ3v) is 5.65. The van der Waals surface area contributed by atoms with Crippen LogP contribution >= 0.6 is 39.7 Å². The van der Waals surface area contributed by atoms with Gasteiger partial charge in [-0.1, -0.05) is 70.0 Å². The molecule has 0 bridgehead atoms. The maximum atomic E-state index is 5.98. The van der Waals surface area contributed by atoms with Crippen LogP contribution in [0.15, 0.2) is 88.4 Å². The zero-order valence-corrected chi connectivity index (χ0v) is 18.0. The molecule has 1 aliphatic rings. The topological polar surface area (TPSA) is 27.6 Å². The summed E-state index contributed by atoms with van der Waals surface area (Å²) >= 11 is 15.2. The molecule has 0 aromatic heterocycles. The molecule has 1 heterocycles. The Kier molecular flexibility index (Phi) is 5.76. The number of anilines is 1. The molecular formula is C22H17BrClN3S. The van der Waals surface area contributed by atoms with Crippen LogP contribution in [0.3, 0.4) is 0 Å². The third kappa shape index (κ3) is 4.27. The number of hydrogen-bond donors (Lipinski definition) is 1. The number of nitrogens with one attached hydrogen (secondary N) is 1. The number of hydrogen-bond acceptors (Lipinski definition) is 2. The van der Waals surface area contributed by atoms with Crippen LogP contribution in [0.5, 0.6) is 0 Å².